The molecule has 0 bridgehead atoms. The van der Waals surface area contributed by atoms with E-state index in [1.807, 2.05) is 58.0 Å². The van der Waals surface area contributed by atoms with Gasteiger partial charge in [0.15, 0.2) is 0 Å². The summed E-state index contributed by atoms with van der Waals surface area (Å²) < 4.78 is 29.4. The highest BCUT2D eigenvalue weighted by atomic mass is 32.2. The molecule has 0 heterocycles. The van der Waals surface area contributed by atoms with E-state index in [0.29, 0.717) is 12.1 Å². The predicted molar refractivity (Wildman–Crippen MR) is 168 cm³/mol. The molecular weight excluding hydrogens is 546 g/mol. The molecule has 42 heavy (non-hydrogen) atoms. The molecule has 0 radical (unpaired) electrons. The van der Waals surface area contributed by atoms with Gasteiger partial charge in [-0.3, -0.25) is 13.9 Å². The van der Waals surface area contributed by atoms with Crippen molar-refractivity contribution in [2.24, 2.45) is 0 Å². The van der Waals surface area contributed by atoms with E-state index < -0.39 is 28.5 Å². The number of rotatable bonds is 11. The fourth-order valence-electron chi connectivity index (χ4n) is 5.67. The van der Waals surface area contributed by atoms with Crippen molar-refractivity contribution in [2.45, 2.75) is 89.7 Å². The minimum absolute atomic E-state index is 0.0978. The second-order valence-corrected chi connectivity index (χ2v) is 13.1. The lowest BCUT2D eigenvalue weighted by Crippen LogP contribution is -2.54. The van der Waals surface area contributed by atoms with E-state index in [1.165, 1.54) is 22.9 Å². The number of amides is 2. The lowest BCUT2D eigenvalue weighted by molar-refractivity contribution is -0.140. The Balaban J connectivity index is 1.74. The maximum absolute atomic E-state index is 14.4. The molecule has 3 aromatic carbocycles. The molecular formula is C34H43N3O4S. The minimum Gasteiger partial charge on any atom is -0.352 e. The molecule has 1 aliphatic rings. The zero-order valence-corrected chi connectivity index (χ0v) is 26.0. The molecule has 1 N–H and O–H groups in total. The van der Waals surface area contributed by atoms with Gasteiger partial charge < -0.3 is 10.2 Å². The number of carbonyl (C=O) groups excluding carboxylic acids is 2. The van der Waals surface area contributed by atoms with Gasteiger partial charge in [-0.2, -0.15) is 0 Å². The Bertz CT molecular complexity index is 1480. The highest BCUT2D eigenvalue weighted by Crippen LogP contribution is 2.29. The van der Waals surface area contributed by atoms with Crippen LogP contribution in [-0.2, 0) is 26.2 Å². The van der Waals surface area contributed by atoms with Crippen LogP contribution in [0.15, 0.2) is 77.7 Å². The Labute approximate surface area is 251 Å². The average molecular weight is 590 g/mol. The van der Waals surface area contributed by atoms with Crippen molar-refractivity contribution >= 4 is 27.5 Å². The SMILES string of the molecule is CCC(C(=O)NC1CCCCC1)N(Cc1ccccc1C)C(=O)CN(c1cccc(C)c1C)S(=O)(=O)c1ccccc1. The number of anilines is 1. The van der Waals surface area contributed by atoms with Crippen LogP contribution >= 0.6 is 0 Å². The molecule has 3 aromatic rings. The third-order valence-electron chi connectivity index (χ3n) is 8.39. The van der Waals surface area contributed by atoms with E-state index in [9.17, 15) is 18.0 Å². The summed E-state index contributed by atoms with van der Waals surface area (Å²) in [5.74, 6) is -0.611. The number of nitrogens with zero attached hydrogens (tertiary/aromatic N) is 2. The van der Waals surface area contributed by atoms with Crippen molar-refractivity contribution in [3.8, 4) is 0 Å². The lowest BCUT2D eigenvalue weighted by atomic mass is 9.95. The molecule has 1 aliphatic carbocycles. The zero-order chi connectivity index (χ0) is 30.3. The van der Waals surface area contributed by atoms with Gasteiger partial charge >= 0.3 is 0 Å². The minimum atomic E-state index is -4.09. The summed E-state index contributed by atoms with van der Waals surface area (Å²) in [7, 11) is -4.09. The van der Waals surface area contributed by atoms with Crippen molar-refractivity contribution in [3.63, 3.8) is 0 Å². The van der Waals surface area contributed by atoms with Crippen molar-refractivity contribution < 1.29 is 18.0 Å². The highest BCUT2D eigenvalue weighted by Gasteiger charge is 2.35. The van der Waals surface area contributed by atoms with Gasteiger partial charge in [0.1, 0.15) is 12.6 Å². The van der Waals surface area contributed by atoms with Gasteiger partial charge in [-0.05, 0) is 80.5 Å². The van der Waals surface area contributed by atoms with E-state index in [2.05, 4.69) is 5.32 Å². The standard InChI is InChI=1S/C34H43N3O4S/c1-5-31(34(39)35-29-18-8-6-9-19-29)36(23-28-17-13-12-15-26(28)3)33(38)24-37(32-22-14-16-25(2)27(32)4)42(40,41)30-20-10-7-11-21-30/h7,10-17,20-22,29,31H,5-6,8-9,18-19,23-24H2,1-4H3,(H,35,39). The maximum atomic E-state index is 14.4. The number of aryl methyl sites for hydroxylation is 2. The van der Waals surface area contributed by atoms with E-state index in [4.69, 9.17) is 0 Å². The first-order valence-electron chi connectivity index (χ1n) is 14.9. The summed E-state index contributed by atoms with van der Waals surface area (Å²) in [5, 5.41) is 3.20. The van der Waals surface area contributed by atoms with Crippen LogP contribution in [0.4, 0.5) is 5.69 Å². The van der Waals surface area contributed by atoms with Gasteiger partial charge in [0.05, 0.1) is 10.6 Å². The van der Waals surface area contributed by atoms with Gasteiger partial charge in [0.25, 0.3) is 10.0 Å². The van der Waals surface area contributed by atoms with Crippen LogP contribution in [-0.4, -0.2) is 43.8 Å². The Kier molecular flexibility index (Phi) is 10.4. The largest absolute Gasteiger partial charge is 0.352 e. The zero-order valence-electron chi connectivity index (χ0n) is 25.2. The Hall–Kier alpha value is -3.65. The fourth-order valence-corrected chi connectivity index (χ4v) is 7.17. The Morgan fingerprint density at radius 1 is 0.857 bits per heavy atom. The third kappa shape index (κ3) is 7.21. The van der Waals surface area contributed by atoms with Crippen LogP contribution in [0.2, 0.25) is 0 Å². The quantitative estimate of drug-likeness (QED) is 0.294. The van der Waals surface area contributed by atoms with Gasteiger partial charge in [-0.25, -0.2) is 8.42 Å². The number of nitrogens with one attached hydrogen (secondary N) is 1. The van der Waals surface area contributed by atoms with Crippen molar-refractivity contribution in [1.29, 1.82) is 0 Å². The summed E-state index contributed by atoms with van der Waals surface area (Å²) in [6.45, 7) is 7.42. The number of carbonyl (C=O) groups is 2. The molecule has 4 rings (SSSR count). The van der Waals surface area contributed by atoms with Crippen LogP contribution in [0.3, 0.4) is 0 Å². The third-order valence-corrected chi connectivity index (χ3v) is 10.2. The summed E-state index contributed by atoms with van der Waals surface area (Å²) in [4.78, 5) is 29.7. The van der Waals surface area contributed by atoms with Crippen LogP contribution in [0.25, 0.3) is 0 Å². The molecule has 8 heteroatoms. The molecule has 0 aliphatic heterocycles. The topological polar surface area (TPSA) is 86.8 Å². The molecule has 7 nitrogen and oxygen atoms in total. The highest BCUT2D eigenvalue weighted by molar-refractivity contribution is 7.92. The second-order valence-electron chi connectivity index (χ2n) is 11.3. The van der Waals surface area contributed by atoms with Gasteiger partial charge in [-0.1, -0.05) is 80.8 Å². The van der Waals surface area contributed by atoms with E-state index >= 15 is 0 Å². The molecule has 1 atom stereocenters. The number of hydrogen-bond donors (Lipinski definition) is 1. The van der Waals surface area contributed by atoms with E-state index in [-0.39, 0.29) is 23.4 Å². The molecule has 0 spiro atoms. The van der Waals surface area contributed by atoms with Crippen LogP contribution in [0.5, 0.6) is 0 Å². The van der Waals surface area contributed by atoms with Crippen LogP contribution < -0.4 is 9.62 Å². The lowest BCUT2D eigenvalue weighted by Gasteiger charge is -2.35. The van der Waals surface area contributed by atoms with E-state index in [1.54, 1.807) is 35.2 Å². The molecule has 224 valence electrons. The average Bonchev–Trinajstić information content (AvgIpc) is 2.99. The summed E-state index contributed by atoms with van der Waals surface area (Å²) in [5.41, 5.74) is 4.06. The summed E-state index contributed by atoms with van der Waals surface area (Å²) in [6.07, 6.45) is 5.61. The van der Waals surface area contributed by atoms with Gasteiger partial charge in [0, 0.05) is 12.6 Å². The van der Waals surface area contributed by atoms with Crippen molar-refractivity contribution in [1.82, 2.24) is 10.2 Å². The normalized spacial score (nSPS) is 14.7. The monoisotopic (exact) mass is 589 g/mol. The first-order valence-corrected chi connectivity index (χ1v) is 16.4. The molecule has 1 fully saturated rings. The maximum Gasteiger partial charge on any atom is 0.264 e. The van der Waals surface area contributed by atoms with Gasteiger partial charge in [0.2, 0.25) is 11.8 Å². The molecule has 1 saturated carbocycles. The Morgan fingerprint density at radius 3 is 2.17 bits per heavy atom. The van der Waals surface area contributed by atoms with Crippen molar-refractivity contribution in [3.05, 3.63) is 95.1 Å². The van der Waals surface area contributed by atoms with E-state index in [0.717, 1.165) is 47.9 Å². The number of hydrogen-bond acceptors (Lipinski definition) is 4. The molecule has 1 unspecified atom stereocenters. The van der Waals surface area contributed by atoms with Gasteiger partial charge in [-0.15, -0.1) is 0 Å². The molecule has 2 amide bonds. The number of sulfonamides is 1. The molecule has 0 saturated heterocycles. The predicted octanol–water partition coefficient (Wildman–Crippen LogP) is 6.06. The summed E-state index contributed by atoms with van der Waals surface area (Å²) >= 11 is 0. The molecule has 0 aromatic heterocycles. The first kappa shape index (κ1) is 31.3. The fraction of sp³-hybridized carbons (Fsp3) is 0.412. The first-order chi connectivity index (χ1) is 20.1. The summed E-state index contributed by atoms with van der Waals surface area (Å²) in [6, 6.07) is 20.8. The smallest absolute Gasteiger partial charge is 0.264 e. The van der Waals surface area contributed by atoms with Crippen LogP contribution in [0, 0.1) is 20.8 Å². The van der Waals surface area contributed by atoms with Crippen LogP contribution in [0.1, 0.15) is 67.7 Å². The van der Waals surface area contributed by atoms with Crippen molar-refractivity contribution in [2.75, 3.05) is 10.8 Å². The second kappa shape index (κ2) is 14.0. The number of benzene rings is 3. The Morgan fingerprint density at radius 2 is 1.50 bits per heavy atom.